The van der Waals surface area contributed by atoms with Crippen LogP contribution in [0.1, 0.15) is 122 Å². The summed E-state index contributed by atoms with van der Waals surface area (Å²) < 4.78 is 0. The predicted octanol–water partition coefficient (Wildman–Crippen LogP) is 6.99. The van der Waals surface area contributed by atoms with Crippen molar-refractivity contribution in [2.45, 2.75) is 122 Å². The molecule has 0 aliphatic carbocycles. The molecule has 23 heavy (non-hydrogen) atoms. The van der Waals surface area contributed by atoms with Crippen molar-refractivity contribution in [1.29, 1.82) is 0 Å². The fraction of sp³-hybridized carbons (Fsp3) is 0.909. The molecular formula is C22H43N. The highest BCUT2D eigenvalue weighted by molar-refractivity contribution is 4.98. The number of hydrogen-bond donors (Lipinski definition) is 1. The third-order valence-electron chi connectivity index (χ3n) is 4.54. The molecule has 0 heterocycles. The van der Waals surface area contributed by atoms with E-state index < -0.39 is 0 Å². The molecule has 0 amide bonds. The average Bonchev–Trinajstić information content (AvgIpc) is 2.57. The van der Waals surface area contributed by atoms with E-state index in [1.807, 2.05) is 0 Å². The molecule has 0 aromatic carbocycles. The molecule has 0 aliphatic rings. The summed E-state index contributed by atoms with van der Waals surface area (Å²) >= 11 is 0. The van der Waals surface area contributed by atoms with Crippen molar-refractivity contribution in [1.82, 2.24) is 0 Å². The summed E-state index contributed by atoms with van der Waals surface area (Å²) in [7, 11) is 0. The SMILES string of the molecule is CCCCCCCCC#CCCCCCCCCCCCCN. The Morgan fingerprint density at radius 3 is 1.22 bits per heavy atom. The van der Waals surface area contributed by atoms with E-state index >= 15 is 0 Å². The first-order valence-electron chi connectivity index (χ1n) is 10.6. The van der Waals surface area contributed by atoms with Gasteiger partial charge in [0, 0.05) is 12.8 Å². The molecule has 0 aliphatic heterocycles. The minimum atomic E-state index is 0.863. The van der Waals surface area contributed by atoms with Crippen LogP contribution in [0, 0.1) is 11.8 Å². The zero-order chi connectivity index (χ0) is 16.8. The molecule has 0 saturated heterocycles. The first kappa shape index (κ1) is 22.5. The van der Waals surface area contributed by atoms with Gasteiger partial charge >= 0.3 is 0 Å². The van der Waals surface area contributed by atoms with Gasteiger partial charge in [-0.1, -0.05) is 90.4 Å². The van der Waals surface area contributed by atoms with Gasteiger partial charge in [-0.15, -0.1) is 11.8 Å². The van der Waals surface area contributed by atoms with Crippen LogP contribution in [-0.4, -0.2) is 6.54 Å². The van der Waals surface area contributed by atoms with Crippen molar-refractivity contribution in [2.75, 3.05) is 6.54 Å². The monoisotopic (exact) mass is 321 g/mol. The minimum Gasteiger partial charge on any atom is -0.330 e. The molecule has 0 aromatic rings. The molecule has 0 bridgehead atoms. The van der Waals surface area contributed by atoms with Gasteiger partial charge in [0.1, 0.15) is 0 Å². The molecule has 0 spiro atoms. The van der Waals surface area contributed by atoms with E-state index in [0.29, 0.717) is 0 Å². The van der Waals surface area contributed by atoms with Crippen LogP contribution in [0.3, 0.4) is 0 Å². The van der Waals surface area contributed by atoms with E-state index in [-0.39, 0.29) is 0 Å². The van der Waals surface area contributed by atoms with E-state index in [2.05, 4.69) is 18.8 Å². The lowest BCUT2D eigenvalue weighted by atomic mass is 10.1. The van der Waals surface area contributed by atoms with Gasteiger partial charge in [-0.3, -0.25) is 0 Å². The maximum Gasteiger partial charge on any atom is 0.00886 e. The van der Waals surface area contributed by atoms with Crippen LogP contribution in [0.5, 0.6) is 0 Å². The Balaban J connectivity index is 3.06. The smallest absolute Gasteiger partial charge is 0.00886 e. The zero-order valence-corrected chi connectivity index (χ0v) is 16.0. The summed E-state index contributed by atoms with van der Waals surface area (Å²) in [6.07, 6.45) is 24.2. The van der Waals surface area contributed by atoms with Crippen LogP contribution in [0.25, 0.3) is 0 Å². The van der Waals surface area contributed by atoms with Gasteiger partial charge in [0.05, 0.1) is 0 Å². The maximum atomic E-state index is 5.50. The first-order valence-corrected chi connectivity index (χ1v) is 10.6. The fourth-order valence-corrected chi connectivity index (χ4v) is 2.94. The van der Waals surface area contributed by atoms with Gasteiger partial charge in [0.25, 0.3) is 0 Å². The summed E-state index contributed by atoms with van der Waals surface area (Å²) in [4.78, 5) is 0. The molecule has 0 saturated carbocycles. The summed E-state index contributed by atoms with van der Waals surface area (Å²) in [6.45, 7) is 3.14. The van der Waals surface area contributed by atoms with Gasteiger partial charge < -0.3 is 5.73 Å². The van der Waals surface area contributed by atoms with Crippen LogP contribution in [0.4, 0.5) is 0 Å². The standard InChI is InChI=1S/C22H43N/c1-2-3-4-5-6-7-8-9-10-11-12-13-14-15-16-17-18-19-20-21-22-23/h2-8,11-23H2,1H3. The summed E-state index contributed by atoms with van der Waals surface area (Å²) in [5, 5.41) is 0. The van der Waals surface area contributed by atoms with E-state index in [4.69, 9.17) is 5.73 Å². The maximum absolute atomic E-state index is 5.50. The molecule has 0 radical (unpaired) electrons. The lowest BCUT2D eigenvalue weighted by molar-refractivity contribution is 0.555. The molecule has 0 fully saturated rings. The number of rotatable bonds is 17. The summed E-state index contributed by atoms with van der Waals surface area (Å²) in [5.41, 5.74) is 5.50. The Morgan fingerprint density at radius 2 is 0.826 bits per heavy atom. The lowest BCUT2D eigenvalue weighted by Crippen LogP contribution is -1.97. The molecule has 0 rings (SSSR count). The molecule has 1 heteroatoms. The topological polar surface area (TPSA) is 26.0 Å². The largest absolute Gasteiger partial charge is 0.330 e. The Morgan fingerprint density at radius 1 is 0.478 bits per heavy atom. The average molecular weight is 322 g/mol. The van der Waals surface area contributed by atoms with Crippen LogP contribution in [0.15, 0.2) is 0 Å². The van der Waals surface area contributed by atoms with Crippen LogP contribution < -0.4 is 5.73 Å². The predicted molar refractivity (Wildman–Crippen MR) is 106 cm³/mol. The number of nitrogens with two attached hydrogens (primary N) is 1. The molecule has 2 N–H and O–H groups in total. The molecule has 1 nitrogen and oxygen atoms in total. The van der Waals surface area contributed by atoms with Crippen molar-refractivity contribution >= 4 is 0 Å². The van der Waals surface area contributed by atoms with E-state index in [9.17, 15) is 0 Å². The molecule has 0 aromatic heterocycles. The first-order chi connectivity index (χ1) is 11.4. The number of hydrogen-bond acceptors (Lipinski definition) is 1. The van der Waals surface area contributed by atoms with Crippen molar-refractivity contribution < 1.29 is 0 Å². The Kier molecular flexibility index (Phi) is 21.1. The van der Waals surface area contributed by atoms with Gasteiger partial charge in [0.2, 0.25) is 0 Å². The van der Waals surface area contributed by atoms with Crippen molar-refractivity contribution in [3.63, 3.8) is 0 Å². The molecule has 0 unspecified atom stereocenters. The molecular weight excluding hydrogens is 278 g/mol. The van der Waals surface area contributed by atoms with Crippen molar-refractivity contribution in [3.8, 4) is 11.8 Å². The van der Waals surface area contributed by atoms with Crippen LogP contribution in [-0.2, 0) is 0 Å². The van der Waals surface area contributed by atoms with Crippen LogP contribution >= 0.6 is 0 Å². The summed E-state index contributed by atoms with van der Waals surface area (Å²) in [5.74, 6) is 6.71. The van der Waals surface area contributed by atoms with E-state index in [1.165, 1.54) is 103 Å². The minimum absolute atomic E-state index is 0.863. The fourth-order valence-electron chi connectivity index (χ4n) is 2.94. The quantitative estimate of drug-likeness (QED) is 0.227. The highest BCUT2D eigenvalue weighted by Crippen LogP contribution is 2.11. The second kappa shape index (κ2) is 21.5. The zero-order valence-electron chi connectivity index (χ0n) is 16.0. The van der Waals surface area contributed by atoms with E-state index in [1.54, 1.807) is 0 Å². The highest BCUT2D eigenvalue weighted by atomic mass is 14.5. The second-order valence-electron chi connectivity index (χ2n) is 6.95. The normalized spacial score (nSPS) is 10.5. The third kappa shape index (κ3) is 21.5. The molecule has 0 atom stereocenters. The van der Waals surface area contributed by atoms with Crippen molar-refractivity contribution in [3.05, 3.63) is 0 Å². The highest BCUT2D eigenvalue weighted by Gasteiger charge is 1.92. The van der Waals surface area contributed by atoms with Gasteiger partial charge in [0.15, 0.2) is 0 Å². The third-order valence-corrected chi connectivity index (χ3v) is 4.54. The Labute approximate surface area is 147 Å². The van der Waals surface area contributed by atoms with Gasteiger partial charge in [-0.05, 0) is 25.8 Å². The van der Waals surface area contributed by atoms with E-state index in [0.717, 1.165) is 19.4 Å². The van der Waals surface area contributed by atoms with Crippen LogP contribution in [0.2, 0.25) is 0 Å². The lowest BCUT2D eigenvalue weighted by Gasteiger charge is -2.01. The van der Waals surface area contributed by atoms with Gasteiger partial charge in [-0.2, -0.15) is 0 Å². The summed E-state index contributed by atoms with van der Waals surface area (Å²) in [6, 6.07) is 0. The second-order valence-corrected chi connectivity index (χ2v) is 6.95. The van der Waals surface area contributed by atoms with Crippen molar-refractivity contribution in [2.24, 2.45) is 5.73 Å². The number of unbranched alkanes of at least 4 members (excludes halogenated alkanes) is 16. The molecule has 136 valence electrons. The Hall–Kier alpha value is -0.480. The Bertz CT molecular complexity index is 261. The van der Waals surface area contributed by atoms with Gasteiger partial charge in [-0.25, -0.2) is 0 Å².